The van der Waals surface area contributed by atoms with Crippen LogP contribution in [-0.2, 0) is 6.42 Å². The highest BCUT2D eigenvalue weighted by Crippen LogP contribution is 2.29. The zero-order valence-corrected chi connectivity index (χ0v) is 13.2. The van der Waals surface area contributed by atoms with E-state index in [0.29, 0.717) is 10.0 Å². The molecule has 1 aromatic carbocycles. The summed E-state index contributed by atoms with van der Waals surface area (Å²) in [6, 6.07) is 7.76. The van der Waals surface area contributed by atoms with Crippen molar-refractivity contribution in [2.24, 2.45) is 5.84 Å². The standard InChI is InChI=1S/C12H11BrCl2N2S/c13-8-5-12(18-6-8)11(17-16)4-7-1-2-9(14)10(15)3-7/h1-3,5-6,11,17H,4,16H2. The Morgan fingerprint density at radius 3 is 2.61 bits per heavy atom. The van der Waals surface area contributed by atoms with Crippen LogP contribution in [0.4, 0.5) is 0 Å². The topological polar surface area (TPSA) is 38.0 Å². The van der Waals surface area contributed by atoms with E-state index in [1.807, 2.05) is 17.5 Å². The highest BCUT2D eigenvalue weighted by atomic mass is 79.9. The normalized spacial score (nSPS) is 12.7. The fourth-order valence-corrected chi connectivity index (χ4v) is 3.48. The van der Waals surface area contributed by atoms with Crippen molar-refractivity contribution in [3.05, 3.63) is 54.6 Å². The number of benzene rings is 1. The van der Waals surface area contributed by atoms with Crippen molar-refractivity contribution < 1.29 is 0 Å². The van der Waals surface area contributed by atoms with Gasteiger partial charge < -0.3 is 0 Å². The first-order chi connectivity index (χ1) is 8.60. The van der Waals surface area contributed by atoms with Crippen LogP contribution in [0.25, 0.3) is 0 Å². The fourth-order valence-electron chi connectivity index (χ4n) is 1.65. The van der Waals surface area contributed by atoms with Crippen molar-refractivity contribution in [2.75, 3.05) is 0 Å². The molecule has 0 bridgehead atoms. The molecule has 1 unspecified atom stereocenters. The molecule has 2 aromatic rings. The molecule has 96 valence electrons. The minimum Gasteiger partial charge on any atom is -0.271 e. The van der Waals surface area contributed by atoms with E-state index in [-0.39, 0.29) is 6.04 Å². The number of nitrogens with one attached hydrogen (secondary N) is 1. The van der Waals surface area contributed by atoms with Gasteiger partial charge in [-0.25, -0.2) is 0 Å². The predicted octanol–water partition coefficient (Wildman–Crippen LogP) is 4.56. The maximum absolute atomic E-state index is 6.00. The number of hydrogen-bond acceptors (Lipinski definition) is 3. The smallest absolute Gasteiger partial charge is 0.0595 e. The lowest BCUT2D eigenvalue weighted by atomic mass is 10.1. The van der Waals surface area contributed by atoms with E-state index in [0.717, 1.165) is 16.5 Å². The van der Waals surface area contributed by atoms with Gasteiger partial charge in [0.05, 0.1) is 16.1 Å². The van der Waals surface area contributed by atoms with Crippen molar-refractivity contribution in [1.82, 2.24) is 5.43 Å². The van der Waals surface area contributed by atoms with Gasteiger partial charge in [-0.1, -0.05) is 29.3 Å². The molecule has 0 fully saturated rings. The Hall–Kier alpha value is -0.100. The molecule has 0 spiro atoms. The van der Waals surface area contributed by atoms with E-state index in [1.165, 1.54) is 4.88 Å². The van der Waals surface area contributed by atoms with E-state index in [9.17, 15) is 0 Å². The second kappa shape index (κ2) is 6.37. The molecule has 6 heteroatoms. The molecule has 1 aromatic heterocycles. The summed E-state index contributed by atoms with van der Waals surface area (Å²) in [5, 5.41) is 3.17. The molecule has 2 rings (SSSR count). The molecule has 0 saturated carbocycles. The third-order valence-electron chi connectivity index (χ3n) is 2.56. The summed E-state index contributed by atoms with van der Waals surface area (Å²) >= 11 is 17.0. The number of rotatable bonds is 4. The molecular formula is C12H11BrCl2N2S. The molecule has 1 heterocycles. The largest absolute Gasteiger partial charge is 0.271 e. The lowest BCUT2D eigenvalue weighted by Crippen LogP contribution is -2.28. The van der Waals surface area contributed by atoms with Crippen LogP contribution in [0.2, 0.25) is 10.0 Å². The van der Waals surface area contributed by atoms with Crippen molar-refractivity contribution in [1.29, 1.82) is 0 Å². The van der Waals surface area contributed by atoms with Gasteiger partial charge in [-0.15, -0.1) is 11.3 Å². The molecule has 18 heavy (non-hydrogen) atoms. The minimum absolute atomic E-state index is 0.0681. The minimum atomic E-state index is 0.0681. The van der Waals surface area contributed by atoms with Crippen molar-refractivity contribution in [3.63, 3.8) is 0 Å². The van der Waals surface area contributed by atoms with Crippen LogP contribution >= 0.6 is 50.5 Å². The van der Waals surface area contributed by atoms with Crippen LogP contribution in [0.15, 0.2) is 34.1 Å². The van der Waals surface area contributed by atoms with Gasteiger partial charge in [0.2, 0.25) is 0 Å². The van der Waals surface area contributed by atoms with E-state index < -0.39 is 0 Å². The third-order valence-corrected chi connectivity index (χ3v) is 5.10. The number of nitrogens with two attached hydrogens (primary N) is 1. The Balaban J connectivity index is 2.17. The van der Waals surface area contributed by atoms with Gasteiger partial charge in [0.25, 0.3) is 0 Å². The van der Waals surface area contributed by atoms with Crippen LogP contribution in [0, 0.1) is 0 Å². The number of hydrazine groups is 1. The molecular weight excluding hydrogens is 355 g/mol. The van der Waals surface area contributed by atoms with Gasteiger partial charge in [0, 0.05) is 14.7 Å². The summed E-state index contributed by atoms with van der Waals surface area (Å²) in [4.78, 5) is 1.18. The van der Waals surface area contributed by atoms with Gasteiger partial charge in [-0.3, -0.25) is 11.3 Å². The molecule has 0 saturated heterocycles. The zero-order valence-electron chi connectivity index (χ0n) is 9.29. The molecule has 0 amide bonds. The first kappa shape index (κ1) is 14.3. The highest BCUT2D eigenvalue weighted by Gasteiger charge is 2.13. The molecule has 0 aliphatic rings. The lowest BCUT2D eigenvalue weighted by molar-refractivity contribution is 0.560. The number of halogens is 3. The summed E-state index contributed by atoms with van der Waals surface area (Å²) in [5.41, 5.74) is 3.92. The summed E-state index contributed by atoms with van der Waals surface area (Å²) in [6.07, 6.45) is 0.764. The lowest BCUT2D eigenvalue weighted by Gasteiger charge is -2.14. The quantitative estimate of drug-likeness (QED) is 0.615. The van der Waals surface area contributed by atoms with Crippen LogP contribution in [0.1, 0.15) is 16.5 Å². The Bertz CT molecular complexity index is 545. The predicted molar refractivity (Wildman–Crippen MR) is 82.2 cm³/mol. The monoisotopic (exact) mass is 364 g/mol. The summed E-state index contributed by atoms with van der Waals surface area (Å²) < 4.78 is 1.07. The first-order valence-corrected chi connectivity index (χ1v) is 7.67. The Morgan fingerprint density at radius 2 is 2.06 bits per heavy atom. The van der Waals surface area contributed by atoms with E-state index in [2.05, 4.69) is 27.4 Å². The summed E-state index contributed by atoms with van der Waals surface area (Å²) in [5.74, 6) is 5.61. The third kappa shape index (κ3) is 3.47. The van der Waals surface area contributed by atoms with Crippen LogP contribution in [0.3, 0.4) is 0 Å². The molecule has 1 atom stereocenters. The van der Waals surface area contributed by atoms with Gasteiger partial charge in [0.1, 0.15) is 0 Å². The average molecular weight is 366 g/mol. The van der Waals surface area contributed by atoms with Gasteiger partial charge in [0.15, 0.2) is 0 Å². The second-order valence-corrected chi connectivity index (χ2v) is 6.51. The average Bonchev–Trinajstić information content (AvgIpc) is 2.77. The molecule has 3 N–H and O–H groups in total. The Labute approximate surface area is 128 Å². The molecule has 0 aliphatic heterocycles. The second-order valence-electron chi connectivity index (χ2n) is 3.84. The fraction of sp³-hybridized carbons (Fsp3) is 0.167. The van der Waals surface area contributed by atoms with Gasteiger partial charge >= 0.3 is 0 Å². The number of hydrogen-bond donors (Lipinski definition) is 2. The molecule has 2 nitrogen and oxygen atoms in total. The zero-order chi connectivity index (χ0) is 13.1. The summed E-state index contributed by atoms with van der Waals surface area (Å²) in [7, 11) is 0. The van der Waals surface area contributed by atoms with E-state index in [4.69, 9.17) is 29.0 Å². The van der Waals surface area contributed by atoms with Crippen molar-refractivity contribution in [2.45, 2.75) is 12.5 Å². The Kier molecular flexibility index (Phi) is 5.06. The highest BCUT2D eigenvalue weighted by molar-refractivity contribution is 9.10. The van der Waals surface area contributed by atoms with Crippen LogP contribution < -0.4 is 11.3 Å². The van der Waals surface area contributed by atoms with E-state index in [1.54, 1.807) is 17.4 Å². The van der Waals surface area contributed by atoms with Crippen molar-refractivity contribution >= 4 is 50.5 Å². The maximum atomic E-state index is 6.00. The Morgan fingerprint density at radius 1 is 1.28 bits per heavy atom. The SMILES string of the molecule is NNC(Cc1ccc(Cl)c(Cl)c1)c1cc(Br)cs1. The van der Waals surface area contributed by atoms with Gasteiger partial charge in [-0.2, -0.15) is 0 Å². The maximum Gasteiger partial charge on any atom is 0.0595 e. The van der Waals surface area contributed by atoms with Crippen LogP contribution in [-0.4, -0.2) is 0 Å². The van der Waals surface area contributed by atoms with Crippen molar-refractivity contribution in [3.8, 4) is 0 Å². The van der Waals surface area contributed by atoms with Gasteiger partial charge in [-0.05, 0) is 46.1 Å². The molecule has 0 aliphatic carbocycles. The number of thiophene rings is 1. The molecule has 0 radical (unpaired) electrons. The summed E-state index contributed by atoms with van der Waals surface area (Å²) in [6.45, 7) is 0. The van der Waals surface area contributed by atoms with E-state index >= 15 is 0 Å². The van der Waals surface area contributed by atoms with Crippen LogP contribution in [0.5, 0.6) is 0 Å². The first-order valence-electron chi connectivity index (χ1n) is 5.24.